The predicted molar refractivity (Wildman–Crippen MR) is 67.0 cm³/mol. The zero-order valence-corrected chi connectivity index (χ0v) is 11.3. The molecule has 0 saturated carbocycles. The average Bonchev–Trinajstić information content (AvgIpc) is 2.47. The van der Waals surface area contributed by atoms with Crippen molar-refractivity contribution in [2.75, 3.05) is 46.1 Å². The number of ether oxygens (including phenoxy) is 3. The van der Waals surface area contributed by atoms with Gasteiger partial charge in [0.25, 0.3) is 0 Å². The summed E-state index contributed by atoms with van der Waals surface area (Å²) in [6.45, 7) is 4.44. The van der Waals surface area contributed by atoms with E-state index in [9.17, 15) is 20.4 Å². The van der Waals surface area contributed by atoms with Gasteiger partial charge in [0.2, 0.25) is 0 Å². The van der Waals surface area contributed by atoms with Crippen molar-refractivity contribution in [3.8, 4) is 0 Å². The second kappa shape index (κ2) is 7.62. The molecule has 20 heavy (non-hydrogen) atoms. The van der Waals surface area contributed by atoms with Gasteiger partial charge in [-0.1, -0.05) is 0 Å². The van der Waals surface area contributed by atoms with Crippen molar-refractivity contribution in [3.63, 3.8) is 0 Å². The first-order chi connectivity index (χ1) is 9.59. The van der Waals surface area contributed by atoms with Crippen molar-refractivity contribution in [1.29, 1.82) is 0 Å². The van der Waals surface area contributed by atoms with E-state index in [2.05, 4.69) is 4.90 Å². The van der Waals surface area contributed by atoms with E-state index in [1.807, 2.05) is 0 Å². The second-order valence-electron chi connectivity index (χ2n) is 5.07. The van der Waals surface area contributed by atoms with Crippen LogP contribution in [-0.2, 0) is 14.2 Å². The third-order valence-corrected chi connectivity index (χ3v) is 3.62. The van der Waals surface area contributed by atoms with Crippen LogP contribution in [-0.4, -0.2) is 102 Å². The van der Waals surface area contributed by atoms with Crippen LogP contribution >= 0.6 is 0 Å². The zero-order chi connectivity index (χ0) is 14.5. The van der Waals surface area contributed by atoms with Gasteiger partial charge in [-0.25, -0.2) is 0 Å². The summed E-state index contributed by atoms with van der Waals surface area (Å²) in [6, 6.07) is 0. The van der Waals surface area contributed by atoms with Crippen LogP contribution in [0, 0.1) is 0 Å². The molecule has 2 aliphatic heterocycles. The van der Waals surface area contributed by atoms with Crippen molar-refractivity contribution in [3.05, 3.63) is 0 Å². The summed E-state index contributed by atoms with van der Waals surface area (Å²) >= 11 is 0. The van der Waals surface area contributed by atoms with E-state index in [4.69, 9.17) is 14.2 Å². The van der Waals surface area contributed by atoms with Crippen LogP contribution in [0.1, 0.15) is 0 Å². The highest BCUT2D eigenvalue weighted by Gasteiger charge is 2.42. The van der Waals surface area contributed by atoms with Gasteiger partial charge in [-0.3, -0.25) is 4.90 Å². The molecule has 2 fully saturated rings. The Labute approximate surface area is 117 Å². The highest BCUT2D eigenvalue weighted by atomic mass is 16.6. The van der Waals surface area contributed by atoms with Gasteiger partial charge in [-0.05, 0) is 0 Å². The van der Waals surface area contributed by atoms with E-state index < -0.39 is 30.7 Å². The normalized spacial score (nSPS) is 39.9. The number of morpholine rings is 1. The van der Waals surface area contributed by atoms with Crippen molar-refractivity contribution >= 4 is 0 Å². The molecule has 0 aromatic heterocycles. The molecule has 118 valence electrons. The lowest BCUT2D eigenvalue weighted by molar-refractivity contribution is -0.288. The summed E-state index contributed by atoms with van der Waals surface area (Å²) in [7, 11) is 0. The zero-order valence-electron chi connectivity index (χ0n) is 11.3. The van der Waals surface area contributed by atoms with Crippen LogP contribution in [0.15, 0.2) is 0 Å². The van der Waals surface area contributed by atoms with Gasteiger partial charge in [0, 0.05) is 19.6 Å². The summed E-state index contributed by atoms with van der Waals surface area (Å²) in [5.41, 5.74) is 0. The van der Waals surface area contributed by atoms with Crippen molar-refractivity contribution in [2.45, 2.75) is 30.7 Å². The van der Waals surface area contributed by atoms with E-state index in [-0.39, 0.29) is 6.61 Å². The minimum atomic E-state index is -1.51. The third kappa shape index (κ3) is 4.09. The molecule has 0 aromatic rings. The van der Waals surface area contributed by atoms with Crippen LogP contribution in [0.25, 0.3) is 0 Å². The van der Waals surface area contributed by atoms with Crippen LogP contribution in [0.2, 0.25) is 0 Å². The van der Waals surface area contributed by atoms with Gasteiger partial charge >= 0.3 is 0 Å². The van der Waals surface area contributed by atoms with Crippen LogP contribution in [0.5, 0.6) is 0 Å². The number of aliphatic hydroxyl groups excluding tert-OH is 4. The topological polar surface area (TPSA) is 112 Å². The van der Waals surface area contributed by atoms with Gasteiger partial charge in [0.1, 0.15) is 24.4 Å². The van der Waals surface area contributed by atoms with E-state index in [0.29, 0.717) is 6.61 Å². The predicted octanol–water partition coefficient (Wildman–Crippen LogP) is -2.86. The molecule has 0 aliphatic carbocycles. The van der Waals surface area contributed by atoms with E-state index in [1.54, 1.807) is 0 Å². The Balaban J connectivity index is 1.65. The van der Waals surface area contributed by atoms with E-state index in [0.717, 1.165) is 32.8 Å². The summed E-state index contributed by atoms with van der Waals surface area (Å²) in [6.07, 6.45) is -6.59. The first kappa shape index (κ1) is 16.1. The fourth-order valence-electron chi connectivity index (χ4n) is 2.29. The number of aliphatic hydroxyl groups is 4. The molecule has 0 amide bonds. The van der Waals surface area contributed by atoms with Crippen molar-refractivity contribution in [2.24, 2.45) is 0 Å². The lowest BCUT2D eigenvalue weighted by Crippen LogP contribution is -2.58. The van der Waals surface area contributed by atoms with Gasteiger partial charge in [-0.15, -0.1) is 0 Å². The fourth-order valence-corrected chi connectivity index (χ4v) is 2.29. The molecule has 0 bridgehead atoms. The van der Waals surface area contributed by atoms with Crippen molar-refractivity contribution < 1.29 is 34.6 Å². The standard InChI is InChI=1S/C12H23NO7/c14-9-8(20-12(17)11(16)10(9)15)7-19-6-3-13-1-4-18-5-2-13/h8-12,14-17H,1-7H2. The van der Waals surface area contributed by atoms with Crippen LogP contribution < -0.4 is 0 Å². The lowest BCUT2D eigenvalue weighted by atomic mass is 9.99. The fraction of sp³-hybridized carbons (Fsp3) is 1.00. The molecular formula is C12H23NO7. The highest BCUT2D eigenvalue weighted by Crippen LogP contribution is 2.19. The smallest absolute Gasteiger partial charge is 0.184 e. The van der Waals surface area contributed by atoms with Crippen LogP contribution in [0.3, 0.4) is 0 Å². The molecule has 2 rings (SSSR count). The molecule has 0 spiro atoms. The Morgan fingerprint density at radius 1 is 1.00 bits per heavy atom. The maximum Gasteiger partial charge on any atom is 0.184 e. The Kier molecular flexibility index (Phi) is 6.12. The molecular weight excluding hydrogens is 270 g/mol. The minimum absolute atomic E-state index is 0.0480. The maximum absolute atomic E-state index is 9.72. The third-order valence-electron chi connectivity index (χ3n) is 3.62. The highest BCUT2D eigenvalue weighted by molar-refractivity contribution is 4.88. The second-order valence-corrected chi connectivity index (χ2v) is 5.07. The monoisotopic (exact) mass is 293 g/mol. The molecule has 4 N–H and O–H groups in total. The van der Waals surface area contributed by atoms with Gasteiger partial charge < -0.3 is 34.6 Å². The number of hydrogen-bond donors (Lipinski definition) is 4. The van der Waals surface area contributed by atoms with Gasteiger partial charge in [-0.2, -0.15) is 0 Å². The van der Waals surface area contributed by atoms with Gasteiger partial charge in [0.15, 0.2) is 6.29 Å². The van der Waals surface area contributed by atoms with E-state index >= 15 is 0 Å². The molecule has 0 radical (unpaired) electrons. The molecule has 2 heterocycles. The maximum atomic E-state index is 9.72. The Morgan fingerprint density at radius 2 is 1.70 bits per heavy atom. The molecule has 5 unspecified atom stereocenters. The SMILES string of the molecule is OC1OC(COCCN2CCOCC2)C(O)C(O)C1O. The lowest BCUT2D eigenvalue weighted by Gasteiger charge is -2.38. The number of hydrogen-bond acceptors (Lipinski definition) is 8. The summed E-state index contributed by atoms with van der Waals surface area (Å²) in [5, 5.41) is 38.0. The molecule has 8 heteroatoms. The largest absolute Gasteiger partial charge is 0.387 e. The molecule has 2 aliphatic rings. The molecule has 0 aromatic carbocycles. The first-order valence-electron chi connectivity index (χ1n) is 6.85. The Morgan fingerprint density at radius 3 is 2.40 bits per heavy atom. The Bertz CT molecular complexity index is 287. The minimum Gasteiger partial charge on any atom is -0.387 e. The van der Waals surface area contributed by atoms with Gasteiger partial charge in [0.05, 0.1) is 26.4 Å². The average molecular weight is 293 g/mol. The first-order valence-corrected chi connectivity index (χ1v) is 6.85. The van der Waals surface area contributed by atoms with E-state index in [1.165, 1.54) is 0 Å². The molecule has 2 saturated heterocycles. The Hall–Kier alpha value is -0.320. The molecule has 5 atom stereocenters. The summed E-state index contributed by atoms with van der Waals surface area (Å²) in [4.78, 5) is 2.20. The quantitative estimate of drug-likeness (QED) is 0.400. The summed E-state index contributed by atoms with van der Waals surface area (Å²) in [5.74, 6) is 0. The molecule has 8 nitrogen and oxygen atoms in total. The van der Waals surface area contributed by atoms with Crippen molar-refractivity contribution in [1.82, 2.24) is 4.90 Å². The number of rotatable bonds is 5. The number of nitrogens with zero attached hydrogens (tertiary/aromatic N) is 1. The van der Waals surface area contributed by atoms with Crippen LogP contribution in [0.4, 0.5) is 0 Å². The summed E-state index contributed by atoms with van der Waals surface area (Å²) < 4.78 is 15.7.